The predicted octanol–water partition coefficient (Wildman–Crippen LogP) is 1.28. The molecule has 5 heteroatoms. The van der Waals surface area contributed by atoms with Crippen LogP contribution in [0.5, 0.6) is 0 Å². The van der Waals surface area contributed by atoms with Gasteiger partial charge in [-0.05, 0) is 0 Å². The fourth-order valence-corrected chi connectivity index (χ4v) is 1.73. The lowest BCUT2D eigenvalue weighted by Crippen LogP contribution is -2.21. The van der Waals surface area contributed by atoms with E-state index < -0.39 is 0 Å². The van der Waals surface area contributed by atoms with Crippen LogP contribution in [0.3, 0.4) is 0 Å². The molecule has 0 saturated carbocycles. The zero-order valence-corrected chi connectivity index (χ0v) is 11.2. The number of methoxy groups -OCH3 is 1. The smallest absolute Gasteiger partial charge is 0.307 e. The maximum Gasteiger partial charge on any atom is 0.307 e. The summed E-state index contributed by atoms with van der Waals surface area (Å²) in [4.78, 5) is 11.2. The highest BCUT2D eigenvalue weighted by Crippen LogP contribution is 2.28. The normalized spacial score (nSPS) is 13.5. The van der Waals surface area contributed by atoms with E-state index in [0.29, 0.717) is 0 Å². The zero-order chi connectivity index (χ0) is 13.2. The van der Waals surface area contributed by atoms with Gasteiger partial charge in [-0.2, -0.15) is 5.10 Å². The molecule has 1 rings (SSSR count). The number of carbonyl (C=O) groups excluding carboxylic acids is 1. The highest BCUT2D eigenvalue weighted by atomic mass is 16.5. The molecular weight excluding hydrogens is 218 g/mol. The maximum atomic E-state index is 11.2. The summed E-state index contributed by atoms with van der Waals surface area (Å²) in [6.45, 7) is 6.22. The lowest BCUT2D eigenvalue weighted by molar-refractivity contribution is -0.141. The van der Waals surface area contributed by atoms with Crippen molar-refractivity contribution >= 4 is 5.97 Å². The van der Waals surface area contributed by atoms with E-state index in [1.54, 1.807) is 4.68 Å². The van der Waals surface area contributed by atoms with Crippen molar-refractivity contribution in [3.05, 3.63) is 17.5 Å². The molecule has 0 spiro atoms. The van der Waals surface area contributed by atoms with Gasteiger partial charge < -0.3 is 10.5 Å². The van der Waals surface area contributed by atoms with Gasteiger partial charge in [-0.15, -0.1) is 0 Å². The molecule has 5 nitrogen and oxygen atoms in total. The molecule has 0 saturated heterocycles. The van der Waals surface area contributed by atoms with E-state index in [9.17, 15) is 4.79 Å². The van der Waals surface area contributed by atoms with Crippen molar-refractivity contribution < 1.29 is 9.53 Å². The molecule has 0 fully saturated rings. The van der Waals surface area contributed by atoms with Crippen LogP contribution < -0.4 is 5.73 Å². The van der Waals surface area contributed by atoms with Crippen LogP contribution in [0.1, 0.15) is 44.5 Å². The molecule has 0 aliphatic rings. The molecule has 0 amide bonds. The van der Waals surface area contributed by atoms with E-state index in [0.717, 1.165) is 11.3 Å². The lowest BCUT2D eigenvalue weighted by atomic mass is 9.87. The number of esters is 1. The van der Waals surface area contributed by atoms with E-state index in [2.05, 4.69) is 30.6 Å². The standard InChI is InChI=1S/C12H21N3O2/c1-12(2,3)11-8(7-15(4)14-11)9(13)6-10(16)17-5/h7,9H,6,13H2,1-5H3/t9-/m0/s1. The fourth-order valence-electron chi connectivity index (χ4n) is 1.73. The van der Waals surface area contributed by atoms with E-state index in [-0.39, 0.29) is 23.8 Å². The predicted molar refractivity (Wildman–Crippen MR) is 65.5 cm³/mol. The van der Waals surface area contributed by atoms with Crippen molar-refractivity contribution in [2.45, 2.75) is 38.6 Å². The monoisotopic (exact) mass is 239 g/mol. The summed E-state index contributed by atoms with van der Waals surface area (Å²) in [5.74, 6) is -0.304. The van der Waals surface area contributed by atoms with Crippen molar-refractivity contribution in [3.63, 3.8) is 0 Å². The summed E-state index contributed by atoms with van der Waals surface area (Å²) in [5, 5.41) is 4.42. The summed E-state index contributed by atoms with van der Waals surface area (Å²) in [6.07, 6.45) is 2.04. The Balaban J connectivity index is 3.01. The molecule has 17 heavy (non-hydrogen) atoms. The fraction of sp³-hybridized carbons (Fsp3) is 0.667. The average molecular weight is 239 g/mol. The second-order valence-electron chi connectivity index (χ2n) is 5.24. The van der Waals surface area contributed by atoms with E-state index in [1.165, 1.54) is 7.11 Å². The first-order valence-corrected chi connectivity index (χ1v) is 5.62. The molecular formula is C12H21N3O2. The van der Waals surface area contributed by atoms with Crippen LogP contribution in [0, 0.1) is 0 Å². The van der Waals surface area contributed by atoms with Crippen LogP contribution in [0.4, 0.5) is 0 Å². The minimum absolute atomic E-state index is 0.0929. The molecule has 96 valence electrons. The van der Waals surface area contributed by atoms with Gasteiger partial charge >= 0.3 is 5.97 Å². The Bertz CT molecular complexity index is 404. The van der Waals surface area contributed by atoms with Crippen LogP contribution in [0.25, 0.3) is 0 Å². The Labute approximate surface area is 102 Å². The topological polar surface area (TPSA) is 70.1 Å². The molecule has 1 aromatic heterocycles. The van der Waals surface area contributed by atoms with Crippen molar-refractivity contribution in [1.82, 2.24) is 9.78 Å². The summed E-state index contributed by atoms with van der Waals surface area (Å²) < 4.78 is 6.36. The van der Waals surface area contributed by atoms with Gasteiger partial charge in [0.25, 0.3) is 0 Å². The Hall–Kier alpha value is -1.36. The number of rotatable bonds is 3. The molecule has 0 aromatic carbocycles. The number of nitrogens with zero attached hydrogens (tertiary/aromatic N) is 2. The first-order valence-electron chi connectivity index (χ1n) is 5.62. The second kappa shape index (κ2) is 4.87. The van der Waals surface area contributed by atoms with Crippen LogP contribution in [-0.2, 0) is 22.0 Å². The molecule has 0 aliphatic carbocycles. The number of carbonyl (C=O) groups is 1. The van der Waals surface area contributed by atoms with Crippen LogP contribution >= 0.6 is 0 Å². The highest BCUT2D eigenvalue weighted by molar-refractivity contribution is 5.70. The SMILES string of the molecule is COC(=O)C[C@H](N)c1cn(C)nc1C(C)(C)C. The van der Waals surface area contributed by atoms with Gasteiger partial charge in [-0.1, -0.05) is 20.8 Å². The van der Waals surface area contributed by atoms with Crippen LogP contribution in [-0.4, -0.2) is 22.9 Å². The van der Waals surface area contributed by atoms with Gasteiger partial charge in [0.2, 0.25) is 0 Å². The Morgan fingerprint density at radius 2 is 2.18 bits per heavy atom. The number of hydrogen-bond donors (Lipinski definition) is 1. The highest BCUT2D eigenvalue weighted by Gasteiger charge is 2.26. The lowest BCUT2D eigenvalue weighted by Gasteiger charge is -2.19. The first-order chi connectivity index (χ1) is 7.75. The second-order valence-corrected chi connectivity index (χ2v) is 5.24. The number of aromatic nitrogens is 2. The third-order valence-electron chi connectivity index (χ3n) is 2.58. The van der Waals surface area contributed by atoms with Gasteiger partial charge in [-0.3, -0.25) is 9.48 Å². The Morgan fingerprint density at radius 3 is 2.65 bits per heavy atom. The molecule has 0 radical (unpaired) electrons. The summed E-state index contributed by atoms with van der Waals surface area (Å²) in [5.41, 5.74) is 7.77. The minimum atomic E-state index is -0.370. The summed E-state index contributed by atoms with van der Waals surface area (Å²) in [7, 11) is 3.21. The third kappa shape index (κ3) is 3.30. The zero-order valence-electron chi connectivity index (χ0n) is 11.2. The molecule has 1 aromatic rings. The van der Waals surface area contributed by atoms with Gasteiger partial charge in [-0.25, -0.2) is 0 Å². The van der Waals surface area contributed by atoms with Crippen molar-refractivity contribution in [1.29, 1.82) is 0 Å². The van der Waals surface area contributed by atoms with Crippen LogP contribution in [0.2, 0.25) is 0 Å². The van der Waals surface area contributed by atoms with Gasteiger partial charge in [0.15, 0.2) is 0 Å². The number of nitrogens with two attached hydrogens (primary N) is 1. The molecule has 0 unspecified atom stereocenters. The van der Waals surface area contributed by atoms with E-state index in [1.807, 2.05) is 13.2 Å². The van der Waals surface area contributed by atoms with Gasteiger partial charge in [0.05, 0.1) is 19.2 Å². The first kappa shape index (κ1) is 13.7. The molecule has 0 aliphatic heterocycles. The minimum Gasteiger partial charge on any atom is -0.469 e. The van der Waals surface area contributed by atoms with E-state index >= 15 is 0 Å². The van der Waals surface area contributed by atoms with Gasteiger partial charge in [0, 0.05) is 30.3 Å². The van der Waals surface area contributed by atoms with Crippen molar-refractivity contribution in [2.24, 2.45) is 12.8 Å². The van der Waals surface area contributed by atoms with Gasteiger partial charge in [0.1, 0.15) is 0 Å². The molecule has 2 N–H and O–H groups in total. The van der Waals surface area contributed by atoms with Crippen molar-refractivity contribution in [2.75, 3.05) is 7.11 Å². The largest absolute Gasteiger partial charge is 0.469 e. The molecule has 1 heterocycles. The van der Waals surface area contributed by atoms with Crippen molar-refractivity contribution in [3.8, 4) is 0 Å². The number of hydrogen-bond acceptors (Lipinski definition) is 4. The third-order valence-corrected chi connectivity index (χ3v) is 2.58. The van der Waals surface area contributed by atoms with E-state index in [4.69, 9.17) is 5.73 Å². The quantitative estimate of drug-likeness (QED) is 0.807. The molecule has 0 bridgehead atoms. The number of aryl methyl sites for hydroxylation is 1. The maximum absolute atomic E-state index is 11.2. The summed E-state index contributed by atoms with van der Waals surface area (Å²) in [6, 6.07) is -0.370. The Morgan fingerprint density at radius 1 is 1.59 bits per heavy atom. The Kier molecular flexibility index (Phi) is 3.93. The summed E-state index contributed by atoms with van der Waals surface area (Å²) >= 11 is 0. The number of ether oxygens (including phenoxy) is 1. The average Bonchev–Trinajstić information content (AvgIpc) is 2.59. The van der Waals surface area contributed by atoms with Crippen LogP contribution in [0.15, 0.2) is 6.20 Å². The molecule has 1 atom stereocenters.